The molecule has 1 saturated heterocycles. The highest BCUT2D eigenvalue weighted by Gasteiger charge is 2.30. The van der Waals surface area contributed by atoms with E-state index in [2.05, 4.69) is 24.5 Å². The summed E-state index contributed by atoms with van der Waals surface area (Å²) < 4.78 is 37.4. The van der Waals surface area contributed by atoms with Gasteiger partial charge in [0.05, 0.1) is 5.56 Å². The molecule has 0 spiro atoms. The minimum absolute atomic E-state index is 0.299. The number of rotatable bonds is 2. The third-order valence-electron chi connectivity index (χ3n) is 3.65. The monoisotopic (exact) mass is 272 g/mol. The van der Waals surface area contributed by atoms with Gasteiger partial charge < -0.3 is 10.6 Å². The van der Waals surface area contributed by atoms with E-state index in [1.54, 1.807) is 0 Å². The lowest BCUT2D eigenvalue weighted by Crippen LogP contribution is -2.47. The first-order chi connectivity index (χ1) is 8.86. The Bertz CT molecular complexity index is 414. The van der Waals surface area contributed by atoms with E-state index in [0.29, 0.717) is 18.0 Å². The Morgan fingerprint density at radius 2 is 1.79 bits per heavy atom. The molecule has 19 heavy (non-hydrogen) atoms. The zero-order valence-electron chi connectivity index (χ0n) is 11.1. The van der Waals surface area contributed by atoms with Crippen LogP contribution in [0.5, 0.6) is 0 Å². The van der Waals surface area contributed by atoms with Crippen LogP contribution in [-0.2, 0) is 6.18 Å². The lowest BCUT2D eigenvalue weighted by atomic mass is 9.91. The maximum Gasteiger partial charge on any atom is 0.416 e. The predicted octanol–water partition coefficient (Wildman–Crippen LogP) is 3.50. The topological polar surface area (TPSA) is 24.1 Å². The fraction of sp³-hybridized carbons (Fsp3) is 0.571. The number of hydrogen-bond donors (Lipinski definition) is 2. The molecule has 1 aliphatic rings. The number of hydrogen-bond acceptors (Lipinski definition) is 2. The van der Waals surface area contributed by atoms with Gasteiger partial charge in [-0.3, -0.25) is 0 Å². The van der Waals surface area contributed by atoms with Crippen LogP contribution in [0.25, 0.3) is 0 Å². The van der Waals surface area contributed by atoms with Crippen molar-refractivity contribution >= 4 is 5.69 Å². The molecule has 1 heterocycles. The molecule has 2 N–H and O–H groups in total. The van der Waals surface area contributed by atoms with Gasteiger partial charge in [-0.15, -0.1) is 0 Å². The standard InChI is InChI=1S/C14H19F3N2/c1-9-8-18-10(2)7-13(9)19-12-5-3-11(4-6-12)14(15,16)17/h3-6,9-10,13,18-19H,7-8H2,1-2H3. The summed E-state index contributed by atoms with van der Waals surface area (Å²) in [5, 5.41) is 6.72. The van der Waals surface area contributed by atoms with Crippen molar-refractivity contribution in [2.45, 2.75) is 38.5 Å². The van der Waals surface area contributed by atoms with Gasteiger partial charge in [0.1, 0.15) is 0 Å². The summed E-state index contributed by atoms with van der Waals surface area (Å²) in [5.41, 5.74) is 0.142. The molecule has 0 bridgehead atoms. The van der Waals surface area contributed by atoms with E-state index in [-0.39, 0.29) is 0 Å². The Labute approximate surface area is 111 Å². The first-order valence-electron chi connectivity index (χ1n) is 6.53. The second-order valence-corrected chi connectivity index (χ2v) is 5.35. The minimum Gasteiger partial charge on any atom is -0.382 e. The van der Waals surface area contributed by atoms with Crippen molar-refractivity contribution in [3.8, 4) is 0 Å². The number of alkyl halides is 3. The Hall–Kier alpha value is -1.23. The van der Waals surface area contributed by atoms with Crippen LogP contribution in [0.4, 0.5) is 18.9 Å². The highest BCUT2D eigenvalue weighted by molar-refractivity contribution is 5.46. The zero-order valence-corrected chi connectivity index (χ0v) is 11.1. The Balaban J connectivity index is 2.03. The van der Waals surface area contributed by atoms with Crippen LogP contribution in [0.1, 0.15) is 25.8 Å². The lowest BCUT2D eigenvalue weighted by Gasteiger charge is -2.35. The van der Waals surface area contributed by atoms with Crippen molar-refractivity contribution in [1.29, 1.82) is 0 Å². The summed E-state index contributed by atoms with van der Waals surface area (Å²) in [4.78, 5) is 0. The molecule has 3 atom stereocenters. The summed E-state index contributed by atoms with van der Waals surface area (Å²) in [6.45, 7) is 5.19. The van der Waals surface area contributed by atoms with Gasteiger partial charge in [-0.05, 0) is 50.1 Å². The fourth-order valence-corrected chi connectivity index (χ4v) is 2.40. The number of anilines is 1. The molecule has 1 aromatic carbocycles. The van der Waals surface area contributed by atoms with Crippen molar-refractivity contribution in [3.05, 3.63) is 29.8 Å². The maximum atomic E-state index is 12.5. The maximum absolute atomic E-state index is 12.5. The van der Waals surface area contributed by atoms with E-state index in [0.717, 1.165) is 30.8 Å². The number of nitrogens with one attached hydrogen (secondary N) is 2. The van der Waals surface area contributed by atoms with Crippen LogP contribution in [0, 0.1) is 5.92 Å². The second-order valence-electron chi connectivity index (χ2n) is 5.35. The van der Waals surface area contributed by atoms with Crippen LogP contribution in [0.2, 0.25) is 0 Å². The molecule has 0 aromatic heterocycles. The van der Waals surface area contributed by atoms with Crippen LogP contribution >= 0.6 is 0 Å². The van der Waals surface area contributed by atoms with Crippen LogP contribution in [0.15, 0.2) is 24.3 Å². The SMILES string of the molecule is CC1CC(Nc2ccc(C(F)(F)F)cc2)C(C)CN1. The van der Waals surface area contributed by atoms with Gasteiger partial charge in [0.2, 0.25) is 0 Å². The minimum atomic E-state index is -4.27. The fourth-order valence-electron chi connectivity index (χ4n) is 2.40. The largest absolute Gasteiger partial charge is 0.416 e. The van der Waals surface area contributed by atoms with E-state index in [1.807, 2.05) is 0 Å². The summed E-state index contributed by atoms with van der Waals surface area (Å²) in [5.74, 6) is 0.457. The van der Waals surface area contributed by atoms with Crippen LogP contribution in [-0.4, -0.2) is 18.6 Å². The third-order valence-corrected chi connectivity index (χ3v) is 3.65. The Morgan fingerprint density at radius 1 is 1.16 bits per heavy atom. The molecular formula is C14H19F3N2. The second kappa shape index (κ2) is 5.41. The van der Waals surface area contributed by atoms with Crippen molar-refractivity contribution in [2.24, 2.45) is 5.92 Å². The zero-order chi connectivity index (χ0) is 14.0. The summed E-state index contributed by atoms with van der Waals surface area (Å²) in [6.07, 6.45) is -3.29. The van der Waals surface area contributed by atoms with Crippen LogP contribution < -0.4 is 10.6 Å². The normalized spacial score (nSPS) is 28.2. The van der Waals surface area contributed by atoms with Crippen molar-refractivity contribution in [2.75, 3.05) is 11.9 Å². The first-order valence-corrected chi connectivity index (χ1v) is 6.53. The quantitative estimate of drug-likeness (QED) is 0.861. The Kier molecular flexibility index (Phi) is 4.04. The lowest BCUT2D eigenvalue weighted by molar-refractivity contribution is -0.137. The van der Waals surface area contributed by atoms with Crippen LogP contribution in [0.3, 0.4) is 0 Å². The summed E-state index contributed by atoms with van der Waals surface area (Å²) in [6, 6.07) is 5.98. The van der Waals surface area contributed by atoms with E-state index in [4.69, 9.17) is 0 Å². The molecule has 2 nitrogen and oxygen atoms in total. The first kappa shape index (κ1) is 14.2. The van der Waals surface area contributed by atoms with Crippen molar-refractivity contribution < 1.29 is 13.2 Å². The molecule has 5 heteroatoms. The molecule has 0 amide bonds. The number of benzene rings is 1. The smallest absolute Gasteiger partial charge is 0.382 e. The van der Waals surface area contributed by atoms with Crippen molar-refractivity contribution in [1.82, 2.24) is 5.32 Å². The van der Waals surface area contributed by atoms with Crippen molar-refractivity contribution in [3.63, 3.8) is 0 Å². The number of halogens is 3. The molecule has 0 aliphatic carbocycles. The molecule has 1 aliphatic heterocycles. The van der Waals surface area contributed by atoms with Gasteiger partial charge >= 0.3 is 6.18 Å². The molecular weight excluding hydrogens is 253 g/mol. The van der Waals surface area contributed by atoms with Gasteiger partial charge in [-0.25, -0.2) is 0 Å². The van der Waals surface area contributed by atoms with E-state index in [9.17, 15) is 13.2 Å². The molecule has 3 unspecified atom stereocenters. The molecule has 0 saturated carbocycles. The van der Waals surface area contributed by atoms with Gasteiger partial charge in [0.25, 0.3) is 0 Å². The number of piperidine rings is 1. The van der Waals surface area contributed by atoms with E-state index < -0.39 is 11.7 Å². The molecule has 1 fully saturated rings. The third kappa shape index (κ3) is 3.62. The highest BCUT2D eigenvalue weighted by atomic mass is 19.4. The molecule has 0 radical (unpaired) electrons. The predicted molar refractivity (Wildman–Crippen MR) is 70.1 cm³/mol. The van der Waals surface area contributed by atoms with Gasteiger partial charge in [-0.2, -0.15) is 13.2 Å². The van der Waals surface area contributed by atoms with E-state index >= 15 is 0 Å². The average molecular weight is 272 g/mol. The molecule has 2 rings (SSSR count). The average Bonchev–Trinajstić information content (AvgIpc) is 2.33. The summed E-state index contributed by atoms with van der Waals surface area (Å²) in [7, 11) is 0. The van der Waals surface area contributed by atoms with E-state index in [1.165, 1.54) is 12.1 Å². The highest BCUT2D eigenvalue weighted by Crippen LogP contribution is 2.30. The molecule has 1 aromatic rings. The van der Waals surface area contributed by atoms with Gasteiger partial charge in [0, 0.05) is 17.8 Å². The van der Waals surface area contributed by atoms with Gasteiger partial charge in [-0.1, -0.05) is 6.92 Å². The molecule has 106 valence electrons. The summed E-state index contributed by atoms with van der Waals surface area (Å²) >= 11 is 0. The Morgan fingerprint density at radius 3 is 2.37 bits per heavy atom. The van der Waals surface area contributed by atoms with Gasteiger partial charge in [0.15, 0.2) is 0 Å².